The van der Waals surface area contributed by atoms with Crippen molar-refractivity contribution in [2.75, 3.05) is 0 Å². The molecule has 0 radical (unpaired) electrons. The lowest BCUT2D eigenvalue weighted by Crippen LogP contribution is -2.05. The Morgan fingerprint density at radius 3 is 2.24 bits per heavy atom. The lowest BCUT2D eigenvalue weighted by atomic mass is 10.0. The minimum Gasteiger partial charge on any atom is -0.508 e. The molecule has 1 atom stereocenters. The van der Waals surface area contributed by atoms with E-state index in [1.165, 1.54) is 18.2 Å². The molecule has 0 heterocycles. The molecule has 4 nitrogen and oxygen atoms in total. The molecule has 0 aliphatic rings. The zero-order valence-corrected chi connectivity index (χ0v) is 14.8. The minimum atomic E-state index is -2.19. The summed E-state index contributed by atoms with van der Waals surface area (Å²) in [6.07, 6.45) is 0. The van der Waals surface area contributed by atoms with E-state index in [-0.39, 0.29) is 11.5 Å². The van der Waals surface area contributed by atoms with Crippen LogP contribution in [0.15, 0.2) is 60.7 Å². The van der Waals surface area contributed by atoms with Crippen molar-refractivity contribution in [3.63, 3.8) is 0 Å². The van der Waals surface area contributed by atoms with E-state index < -0.39 is 8.03 Å². The van der Waals surface area contributed by atoms with Crippen LogP contribution in [-0.4, -0.2) is 10.2 Å². The number of phenols is 2. The molecule has 0 amide bonds. The molecule has 0 bridgehead atoms. The molecule has 3 rings (SSSR count). The van der Waals surface area contributed by atoms with Gasteiger partial charge < -0.3 is 10.2 Å². The Balaban J connectivity index is 2.04. The third kappa shape index (κ3) is 3.49. The highest BCUT2D eigenvalue weighted by Gasteiger charge is 2.30. The smallest absolute Gasteiger partial charge is 0.508 e. The van der Waals surface area contributed by atoms with Crippen LogP contribution in [0.1, 0.15) is 11.1 Å². The second kappa shape index (κ2) is 6.96. The summed E-state index contributed by atoms with van der Waals surface area (Å²) in [5, 5.41) is 20.3. The number of hydrogen-bond acceptors (Lipinski definition) is 4. The van der Waals surface area contributed by atoms with E-state index >= 15 is 0 Å². The highest BCUT2D eigenvalue weighted by molar-refractivity contribution is 7.49. The van der Waals surface area contributed by atoms with Crippen molar-refractivity contribution in [3.05, 3.63) is 71.8 Å². The maximum atomic E-state index is 12.9. The molecule has 3 aromatic rings. The first-order valence-corrected chi connectivity index (χ1v) is 8.98. The van der Waals surface area contributed by atoms with Gasteiger partial charge in [-0.1, -0.05) is 30.3 Å². The summed E-state index contributed by atoms with van der Waals surface area (Å²) in [6.45, 7) is 3.80. The Hall–Kier alpha value is -2.84. The third-order valence-corrected chi connectivity index (χ3v) is 5.09. The van der Waals surface area contributed by atoms with E-state index in [1.54, 1.807) is 24.3 Å². The van der Waals surface area contributed by atoms with Crippen molar-refractivity contribution >= 4 is 13.3 Å². The van der Waals surface area contributed by atoms with E-state index in [1.807, 2.05) is 32.0 Å². The van der Waals surface area contributed by atoms with Crippen LogP contribution in [0, 0.1) is 13.8 Å². The van der Waals surface area contributed by atoms with Gasteiger partial charge in [0.15, 0.2) is 5.75 Å². The summed E-state index contributed by atoms with van der Waals surface area (Å²) >= 11 is 0. The van der Waals surface area contributed by atoms with Gasteiger partial charge in [-0.05, 0) is 59.9 Å². The molecule has 0 aliphatic heterocycles. The molecule has 0 fully saturated rings. The first-order chi connectivity index (χ1) is 12.0. The first kappa shape index (κ1) is 17.0. The minimum absolute atomic E-state index is 0.000669. The van der Waals surface area contributed by atoms with E-state index in [2.05, 4.69) is 0 Å². The van der Waals surface area contributed by atoms with Crippen molar-refractivity contribution < 1.29 is 19.3 Å². The van der Waals surface area contributed by atoms with Crippen LogP contribution in [-0.2, 0) is 4.57 Å². The van der Waals surface area contributed by atoms with Gasteiger partial charge in [-0.3, -0.25) is 0 Å². The van der Waals surface area contributed by atoms with Crippen LogP contribution in [0.3, 0.4) is 0 Å². The van der Waals surface area contributed by atoms with E-state index in [4.69, 9.17) is 4.52 Å². The predicted molar refractivity (Wildman–Crippen MR) is 99.0 cm³/mol. The molecule has 0 spiro atoms. The highest BCUT2D eigenvalue weighted by atomic mass is 31.1. The van der Waals surface area contributed by atoms with Gasteiger partial charge in [-0.2, -0.15) is 0 Å². The third-order valence-electron chi connectivity index (χ3n) is 3.95. The second-order valence-electron chi connectivity index (χ2n) is 5.79. The Kier molecular flexibility index (Phi) is 4.73. The second-order valence-corrected chi connectivity index (χ2v) is 6.97. The summed E-state index contributed by atoms with van der Waals surface area (Å²) in [7, 11) is -2.19. The Morgan fingerprint density at radius 1 is 0.840 bits per heavy atom. The van der Waals surface area contributed by atoms with Crippen molar-refractivity contribution in [3.8, 4) is 28.4 Å². The number of para-hydroxylation sites is 1. The molecule has 1 unspecified atom stereocenters. The molecule has 0 aliphatic carbocycles. The highest BCUT2D eigenvalue weighted by Crippen LogP contribution is 2.37. The number of benzene rings is 3. The maximum Gasteiger partial charge on any atom is 0.597 e. The Labute approximate surface area is 147 Å². The lowest BCUT2D eigenvalue weighted by molar-refractivity contribution is 0.462. The van der Waals surface area contributed by atoms with Gasteiger partial charge in [0.2, 0.25) is 5.30 Å². The quantitative estimate of drug-likeness (QED) is 0.521. The van der Waals surface area contributed by atoms with Crippen LogP contribution < -0.4 is 9.83 Å². The molecule has 2 N–H and O–H groups in total. The monoisotopic (exact) mass is 353 g/mol. The number of aryl methyl sites for hydroxylation is 2. The van der Waals surface area contributed by atoms with Gasteiger partial charge in [-0.15, -0.1) is 0 Å². The first-order valence-electron chi connectivity index (χ1n) is 7.80. The van der Waals surface area contributed by atoms with E-state index in [9.17, 15) is 14.8 Å². The molecular weight excluding hydrogens is 335 g/mol. The van der Waals surface area contributed by atoms with E-state index in [0.29, 0.717) is 22.2 Å². The SMILES string of the molecule is Cc1cccc(C)c1O[P+](=O)c1ccccc1-c1cc(O)ccc1O. The molecule has 126 valence electrons. The predicted octanol–water partition coefficient (Wildman–Crippen LogP) is 4.83. The molecule has 0 saturated carbocycles. The van der Waals surface area contributed by atoms with Crippen LogP contribution in [0.4, 0.5) is 0 Å². The fourth-order valence-electron chi connectivity index (χ4n) is 2.68. The van der Waals surface area contributed by atoms with Gasteiger partial charge in [-0.25, -0.2) is 4.52 Å². The van der Waals surface area contributed by atoms with Crippen molar-refractivity contribution in [2.45, 2.75) is 13.8 Å². The number of aromatic hydroxyl groups is 2. The fourth-order valence-corrected chi connectivity index (χ4v) is 3.83. The largest absolute Gasteiger partial charge is 0.597 e. The fraction of sp³-hybridized carbons (Fsp3) is 0.100. The summed E-state index contributed by atoms with van der Waals surface area (Å²) in [6, 6.07) is 17.0. The molecular formula is C20H18O4P+. The molecule has 25 heavy (non-hydrogen) atoms. The Bertz CT molecular complexity index is 930. The van der Waals surface area contributed by atoms with Gasteiger partial charge in [0.05, 0.1) is 0 Å². The summed E-state index contributed by atoms with van der Waals surface area (Å²) in [5.74, 6) is 0.618. The molecule has 3 aromatic carbocycles. The summed E-state index contributed by atoms with van der Waals surface area (Å²) in [4.78, 5) is 0. The van der Waals surface area contributed by atoms with Crippen LogP contribution >= 0.6 is 8.03 Å². The van der Waals surface area contributed by atoms with Crippen LogP contribution in [0.5, 0.6) is 17.2 Å². The average molecular weight is 353 g/mol. The standard InChI is InChI=1S/C20H17O4P/c1-13-6-5-7-14(2)20(13)24-25(23)19-9-4-3-8-16(19)17-12-15(21)10-11-18(17)22/h3-12H,1-2H3,(H-,21,22,23)/p+1. The Morgan fingerprint density at radius 2 is 1.52 bits per heavy atom. The van der Waals surface area contributed by atoms with Crippen molar-refractivity contribution in [1.29, 1.82) is 0 Å². The zero-order chi connectivity index (χ0) is 18.0. The van der Waals surface area contributed by atoms with Gasteiger partial charge in [0, 0.05) is 11.1 Å². The van der Waals surface area contributed by atoms with Crippen LogP contribution in [0.25, 0.3) is 11.1 Å². The number of phenolic OH excluding ortho intramolecular Hbond substituents is 2. The van der Waals surface area contributed by atoms with Gasteiger partial charge >= 0.3 is 8.03 Å². The molecule has 0 aromatic heterocycles. The van der Waals surface area contributed by atoms with E-state index in [0.717, 1.165) is 11.1 Å². The number of rotatable bonds is 4. The normalized spacial score (nSPS) is 11.2. The topological polar surface area (TPSA) is 66.8 Å². The molecule has 0 saturated heterocycles. The number of hydrogen-bond donors (Lipinski definition) is 2. The van der Waals surface area contributed by atoms with Crippen molar-refractivity contribution in [1.82, 2.24) is 0 Å². The van der Waals surface area contributed by atoms with Gasteiger partial charge in [0.25, 0.3) is 0 Å². The van der Waals surface area contributed by atoms with Crippen LogP contribution in [0.2, 0.25) is 0 Å². The maximum absolute atomic E-state index is 12.9. The summed E-state index contributed by atoms with van der Waals surface area (Å²) in [5.41, 5.74) is 2.77. The average Bonchev–Trinajstić information content (AvgIpc) is 2.60. The lowest BCUT2D eigenvalue weighted by Gasteiger charge is -2.07. The zero-order valence-electron chi connectivity index (χ0n) is 13.9. The van der Waals surface area contributed by atoms with Gasteiger partial charge in [0.1, 0.15) is 11.5 Å². The summed E-state index contributed by atoms with van der Waals surface area (Å²) < 4.78 is 18.7. The van der Waals surface area contributed by atoms with Crippen molar-refractivity contribution in [2.24, 2.45) is 0 Å². The molecule has 5 heteroatoms.